The lowest BCUT2D eigenvalue weighted by Crippen LogP contribution is -2.33. The van der Waals surface area contributed by atoms with Crippen LogP contribution < -0.4 is 10.6 Å². The number of amides is 2. The summed E-state index contributed by atoms with van der Waals surface area (Å²) in [6.07, 6.45) is 1.07. The third kappa shape index (κ3) is 4.50. The molecule has 2 aromatic rings. The zero-order chi connectivity index (χ0) is 20.5. The number of methoxy groups -OCH3 is 1. The van der Waals surface area contributed by atoms with E-state index in [0.717, 1.165) is 12.1 Å². The number of hydrogen-bond acceptors (Lipinski definition) is 4. The number of hydrogen-bond donors (Lipinski definition) is 2. The Bertz CT molecular complexity index is 904. The Kier molecular flexibility index (Phi) is 5.44. The predicted octanol–water partition coefficient (Wildman–Crippen LogP) is 5.67. The molecule has 2 N–H and O–H groups in total. The number of urea groups is 1. The molecule has 0 spiro atoms. The van der Waals surface area contributed by atoms with E-state index in [1.165, 1.54) is 17.6 Å². The number of thioether (sulfide) groups is 1. The largest absolute Gasteiger partial charge is 0.465 e. The number of esters is 1. The maximum atomic E-state index is 12.4. The van der Waals surface area contributed by atoms with E-state index in [1.54, 1.807) is 24.3 Å². The standard InChI is InChI=1S/C22H26N2O3S/c1-21(2)13-22(3,4)28-18-11-10-16(12-17(18)21)24-20(26)23-15-8-6-14(7-9-15)19(25)27-5/h6-12H,13H2,1-5H3,(H2,23,24,26). The van der Waals surface area contributed by atoms with Crippen molar-refractivity contribution in [2.45, 2.75) is 49.2 Å². The van der Waals surface area contributed by atoms with Crippen molar-refractivity contribution in [3.8, 4) is 0 Å². The second-order valence-corrected chi connectivity index (χ2v) is 10.0. The Balaban J connectivity index is 1.71. The summed E-state index contributed by atoms with van der Waals surface area (Å²) in [5.74, 6) is -0.409. The van der Waals surface area contributed by atoms with Crippen molar-refractivity contribution in [3.05, 3.63) is 53.6 Å². The van der Waals surface area contributed by atoms with Crippen LogP contribution in [0.3, 0.4) is 0 Å². The van der Waals surface area contributed by atoms with Gasteiger partial charge in [-0.15, -0.1) is 11.8 Å². The summed E-state index contributed by atoms with van der Waals surface area (Å²) in [7, 11) is 1.33. The molecule has 5 nitrogen and oxygen atoms in total. The number of fused-ring (bicyclic) bond motifs is 1. The summed E-state index contributed by atoms with van der Waals surface area (Å²) in [4.78, 5) is 25.1. The van der Waals surface area contributed by atoms with Gasteiger partial charge in [-0.05, 0) is 59.9 Å². The zero-order valence-corrected chi connectivity index (χ0v) is 17.7. The summed E-state index contributed by atoms with van der Waals surface area (Å²) < 4.78 is 4.86. The topological polar surface area (TPSA) is 67.4 Å². The Labute approximate surface area is 170 Å². The molecule has 148 valence electrons. The van der Waals surface area contributed by atoms with Crippen molar-refractivity contribution in [2.24, 2.45) is 0 Å². The monoisotopic (exact) mass is 398 g/mol. The fraction of sp³-hybridized carbons (Fsp3) is 0.364. The molecular formula is C22H26N2O3S. The van der Waals surface area contributed by atoms with Crippen LogP contribution in [0.25, 0.3) is 0 Å². The highest BCUT2D eigenvalue weighted by Gasteiger charge is 2.38. The van der Waals surface area contributed by atoms with E-state index in [2.05, 4.69) is 55.2 Å². The van der Waals surface area contributed by atoms with E-state index in [1.807, 2.05) is 17.8 Å². The molecule has 0 saturated heterocycles. The molecule has 1 aliphatic rings. The van der Waals surface area contributed by atoms with E-state index < -0.39 is 5.97 Å². The van der Waals surface area contributed by atoms with Gasteiger partial charge in [0.05, 0.1) is 12.7 Å². The van der Waals surface area contributed by atoms with Crippen LogP contribution >= 0.6 is 11.8 Å². The first-order valence-electron chi connectivity index (χ1n) is 9.20. The first-order valence-corrected chi connectivity index (χ1v) is 10.0. The molecule has 0 aliphatic carbocycles. The van der Waals surface area contributed by atoms with Gasteiger partial charge in [0.2, 0.25) is 0 Å². The normalized spacial score (nSPS) is 16.6. The SMILES string of the molecule is COC(=O)c1ccc(NC(=O)Nc2ccc3c(c2)C(C)(C)CC(C)(C)S3)cc1. The van der Waals surface area contributed by atoms with Crippen molar-refractivity contribution < 1.29 is 14.3 Å². The van der Waals surface area contributed by atoms with Crippen LogP contribution in [-0.2, 0) is 10.2 Å². The van der Waals surface area contributed by atoms with Crippen LogP contribution in [0.15, 0.2) is 47.4 Å². The smallest absolute Gasteiger partial charge is 0.337 e. The number of carbonyl (C=O) groups excluding carboxylic acids is 2. The first kappa shape index (κ1) is 20.3. The van der Waals surface area contributed by atoms with Gasteiger partial charge in [0.1, 0.15) is 0 Å². The zero-order valence-electron chi connectivity index (χ0n) is 16.9. The highest BCUT2D eigenvalue weighted by atomic mass is 32.2. The van der Waals surface area contributed by atoms with Crippen LogP contribution in [0.1, 0.15) is 50.0 Å². The quantitative estimate of drug-likeness (QED) is 0.654. The minimum Gasteiger partial charge on any atom is -0.465 e. The summed E-state index contributed by atoms with van der Waals surface area (Å²) >= 11 is 1.89. The number of benzene rings is 2. The van der Waals surface area contributed by atoms with Gasteiger partial charge in [-0.3, -0.25) is 0 Å². The molecule has 0 bridgehead atoms. The van der Waals surface area contributed by atoms with Crippen molar-refractivity contribution in [3.63, 3.8) is 0 Å². The van der Waals surface area contributed by atoms with Crippen LogP contribution in [0.2, 0.25) is 0 Å². The Morgan fingerprint density at radius 2 is 1.57 bits per heavy atom. The lowest BCUT2D eigenvalue weighted by molar-refractivity contribution is 0.0600. The van der Waals surface area contributed by atoms with E-state index in [-0.39, 0.29) is 16.2 Å². The lowest BCUT2D eigenvalue weighted by Gasteiger charge is -2.41. The highest BCUT2D eigenvalue weighted by molar-refractivity contribution is 8.00. The molecule has 1 heterocycles. The first-order chi connectivity index (χ1) is 13.1. The third-order valence-electron chi connectivity index (χ3n) is 4.78. The molecule has 0 unspecified atom stereocenters. The molecule has 28 heavy (non-hydrogen) atoms. The number of ether oxygens (including phenoxy) is 1. The fourth-order valence-corrected chi connectivity index (χ4v) is 5.43. The molecule has 0 radical (unpaired) electrons. The molecule has 3 rings (SSSR count). The summed E-state index contributed by atoms with van der Waals surface area (Å²) in [5, 5.41) is 5.68. The van der Waals surface area contributed by atoms with Gasteiger partial charge in [-0.1, -0.05) is 27.7 Å². The maximum absolute atomic E-state index is 12.4. The summed E-state index contributed by atoms with van der Waals surface area (Å²) in [6.45, 7) is 9.04. The molecule has 2 amide bonds. The van der Waals surface area contributed by atoms with Gasteiger partial charge in [0.15, 0.2) is 0 Å². The molecule has 0 atom stereocenters. The average Bonchev–Trinajstić information content (AvgIpc) is 2.61. The number of anilines is 2. The summed E-state index contributed by atoms with van der Waals surface area (Å²) in [5.41, 5.74) is 3.10. The third-order valence-corrected chi connectivity index (χ3v) is 6.06. The van der Waals surface area contributed by atoms with Gasteiger partial charge >= 0.3 is 12.0 Å². The Morgan fingerprint density at radius 3 is 2.21 bits per heavy atom. The molecule has 0 saturated carbocycles. The van der Waals surface area contributed by atoms with Crippen molar-refractivity contribution >= 4 is 35.1 Å². The maximum Gasteiger partial charge on any atom is 0.337 e. The van der Waals surface area contributed by atoms with E-state index in [4.69, 9.17) is 0 Å². The van der Waals surface area contributed by atoms with Crippen molar-refractivity contribution in [1.82, 2.24) is 0 Å². The Morgan fingerprint density at radius 1 is 0.964 bits per heavy atom. The predicted molar refractivity (Wildman–Crippen MR) is 114 cm³/mol. The molecule has 0 aromatic heterocycles. The van der Waals surface area contributed by atoms with Gasteiger partial charge in [0.25, 0.3) is 0 Å². The minimum atomic E-state index is -0.409. The van der Waals surface area contributed by atoms with Crippen LogP contribution in [-0.4, -0.2) is 23.9 Å². The molecule has 2 aromatic carbocycles. The van der Waals surface area contributed by atoms with Gasteiger partial charge in [-0.2, -0.15) is 0 Å². The second-order valence-electron chi connectivity index (χ2n) is 8.28. The number of rotatable bonds is 3. The lowest BCUT2D eigenvalue weighted by atomic mass is 9.77. The molecule has 6 heteroatoms. The number of carbonyl (C=O) groups is 2. The van der Waals surface area contributed by atoms with Crippen LogP contribution in [0.4, 0.5) is 16.2 Å². The van der Waals surface area contributed by atoms with Gasteiger partial charge < -0.3 is 15.4 Å². The average molecular weight is 399 g/mol. The van der Waals surface area contributed by atoms with Gasteiger partial charge in [-0.25, -0.2) is 9.59 Å². The minimum absolute atomic E-state index is 0.0436. The van der Waals surface area contributed by atoms with E-state index in [9.17, 15) is 9.59 Å². The van der Waals surface area contributed by atoms with Crippen LogP contribution in [0, 0.1) is 0 Å². The fourth-order valence-electron chi connectivity index (χ4n) is 3.82. The van der Waals surface area contributed by atoms with Gasteiger partial charge in [0, 0.05) is 21.0 Å². The molecular weight excluding hydrogens is 372 g/mol. The van der Waals surface area contributed by atoms with Crippen LogP contribution in [0.5, 0.6) is 0 Å². The van der Waals surface area contributed by atoms with E-state index in [0.29, 0.717) is 11.3 Å². The summed E-state index contributed by atoms with van der Waals surface area (Å²) in [6, 6.07) is 12.3. The number of nitrogens with one attached hydrogen (secondary N) is 2. The molecule has 0 fully saturated rings. The van der Waals surface area contributed by atoms with Crippen molar-refractivity contribution in [1.29, 1.82) is 0 Å². The van der Waals surface area contributed by atoms with E-state index >= 15 is 0 Å². The molecule has 1 aliphatic heterocycles. The van der Waals surface area contributed by atoms with Crippen molar-refractivity contribution in [2.75, 3.05) is 17.7 Å². The highest BCUT2D eigenvalue weighted by Crippen LogP contribution is 2.51. The second kappa shape index (κ2) is 7.51. The Hall–Kier alpha value is -2.47.